The average molecular weight is 591 g/mol. The van der Waals surface area contributed by atoms with Gasteiger partial charge in [-0.15, -0.1) is 0 Å². The Kier molecular flexibility index (Phi) is 8.09. The fraction of sp³-hybridized carbons (Fsp3) is 0.176. The van der Waals surface area contributed by atoms with Crippen LogP contribution in [0.1, 0.15) is 69.3 Å². The van der Waals surface area contributed by atoms with Gasteiger partial charge in [-0.2, -0.15) is 0 Å². The number of primary amides is 1. The van der Waals surface area contributed by atoms with E-state index in [1.807, 2.05) is 49.4 Å². The monoisotopic (exact) mass is 590 g/mol. The Morgan fingerprint density at radius 2 is 1.70 bits per heavy atom. The molecule has 0 aliphatic carbocycles. The maximum Gasteiger partial charge on any atom is 0.336 e. The molecule has 0 spiro atoms. The van der Waals surface area contributed by atoms with Crippen LogP contribution in [0.2, 0.25) is 0 Å². The van der Waals surface area contributed by atoms with E-state index in [1.54, 1.807) is 18.2 Å². The summed E-state index contributed by atoms with van der Waals surface area (Å²) in [6.45, 7) is 4.39. The van der Waals surface area contributed by atoms with E-state index in [2.05, 4.69) is 35.0 Å². The molecule has 10 nitrogen and oxygen atoms in total. The highest BCUT2D eigenvalue weighted by Crippen LogP contribution is 2.49. The maximum atomic E-state index is 12.6. The summed E-state index contributed by atoms with van der Waals surface area (Å²) in [5, 5.41) is 27.3. The van der Waals surface area contributed by atoms with E-state index in [9.17, 15) is 19.5 Å². The number of rotatable bonds is 8. The van der Waals surface area contributed by atoms with Crippen molar-refractivity contribution in [3.8, 4) is 11.1 Å². The van der Waals surface area contributed by atoms with Crippen LogP contribution in [0.25, 0.3) is 11.1 Å². The van der Waals surface area contributed by atoms with Gasteiger partial charge in [-0.3, -0.25) is 10.2 Å². The normalized spacial score (nSPS) is 17.1. The van der Waals surface area contributed by atoms with Crippen LogP contribution in [0, 0.1) is 5.41 Å². The predicted octanol–water partition coefficient (Wildman–Crippen LogP) is 5.44. The van der Waals surface area contributed by atoms with Crippen molar-refractivity contribution in [1.82, 2.24) is 5.32 Å². The van der Waals surface area contributed by atoms with Gasteiger partial charge >= 0.3 is 12.0 Å². The fourth-order valence-electron chi connectivity index (χ4n) is 5.87. The first-order valence-corrected chi connectivity index (χ1v) is 14.2. The lowest BCUT2D eigenvalue weighted by Crippen LogP contribution is -2.35. The summed E-state index contributed by atoms with van der Waals surface area (Å²) in [7, 11) is 0. The zero-order valence-corrected chi connectivity index (χ0v) is 24.4. The number of nitrogens with one attached hydrogen (secondary N) is 4. The Hall–Kier alpha value is -5.64. The SMILES string of the molecule is CCNC(=O)Nc1cc(-c2ccc(C(N)=O)cc2C(=O)O)cc(C2CC(C)(c3ccccc3)c3cc(C(=N)N)ccc3N2)c1. The second-order valence-corrected chi connectivity index (χ2v) is 11.0. The molecule has 9 N–H and O–H groups in total. The van der Waals surface area contributed by atoms with Crippen LogP contribution in [0.4, 0.5) is 16.2 Å². The molecule has 0 bridgehead atoms. The van der Waals surface area contributed by atoms with Crippen molar-refractivity contribution in [2.24, 2.45) is 11.5 Å². The van der Waals surface area contributed by atoms with E-state index in [4.69, 9.17) is 16.9 Å². The van der Waals surface area contributed by atoms with Gasteiger partial charge in [0, 0.05) is 34.5 Å². The second kappa shape index (κ2) is 11.9. The van der Waals surface area contributed by atoms with Crippen molar-refractivity contribution >= 4 is 35.1 Å². The zero-order valence-electron chi connectivity index (χ0n) is 24.4. The number of carbonyl (C=O) groups excluding carboxylic acids is 2. The number of nitrogens with two attached hydrogens (primary N) is 2. The second-order valence-electron chi connectivity index (χ2n) is 11.0. The molecule has 0 radical (unpaired) electrons. The third-order valence-corrected chi connectivity index (χ3v) is 8.08. The number of hydrogen-bond donors (Lipinski definition) is 7. The minimum absolute atomic E-state index is 0.0179. The first-order valence-electron chi connectivity index (χ1n) is 14.2. The lowest BCUT2D eigenvalue weighted by Gasteiger charge is -2.42. The van der Waals surface area contributed by atoms with Gasteiger partial charge in [-0.1, -0.05) is 43.3 Å². The molecule has 0 aromatic heterocycles. The predicted molar refractivity (Wildman–Crippen MR) is 171 cm³/mol. The van der Waals surface area contributed by atoms with Crippen LogP contribution in [0.5, 0.6) is 0 Å². The summed E-state index contributed by atoms with van der Waals surface area (Å²) in [4.78, 5) is 36.7. The number of aromatic carboxylic acids is 1. The van der Waals surface area contributed by atoms with Crippen molar-refractivity contribution in [1.29, 1.82) is 5.41 Å². The van der Waals surface area contributed by atoms with Gasteiger partial charge in [-0.05, 0) is 89.7 Å². The number of anilines is 2. The van der Waals surface area contributed by atoms with Crippen LogP contribution in [0.15, 0.2) is 84.9 Å². The van der Waals surface area contributed by atoms with Crippen LogP contribution in [-0.2, 0) is 5.41 Å². The van der Waals surface area contributed by atoms with E-state index >= 15 is 0 Å². The average Bonchev–Trinajstić information content (AvgIpc) is 3.00. The molecule has 2 unspecified atom stereocenters. The lowest BCUT2D eigenvalue weighted by atomic mass is 9.68. The largest absolute Gasteiger partial charge is 0.478 e. The third kappa shape index (κ3) is 5.82. The molecule has 1 aliphatic heterocycles. The number of benzene rings is 4. The van der Waals surface area contributed by atoms with E-state index in [0.29, 0.717) is 35.3 Å². The molecule has 4 aromatic rings. The minimum Gasteiger partial charge on any atom is -0.478 e. The first kappa shape index (κ1) is 29.8. The number of urea groups is 1. The number of nitrogen functional groups attached to an aromatic ring is 1. The molecule has 3 amide bonds. The van der Waals surface area contributed by atoms with Gasteiger partial charge in [0.2, 0.25) is 5.91 Å². The van der Waals surface area contributed by atoms with Gasteiger partial charge < -0.3 is 32.5 Å². The van der Waals surface area contributed by atoms with Gasteiger partial charge in [0.15, 0.2) is 0 Å². The smallest absolute Gasteiger partial charge is 0.336 e. The minimum atomic E-state index is -1.21. The van der Waals surface area contributed by atoms with Crippen molar-refractivity contribution in [2.75, 3.05) is 17.2 Å². The molecule has 10 heteroatoms. The number of carbonyl (C=O) groups is 3. The van der Waals surface area contributed by atoms with Crippen molar-refractivity contribution in [3.05, 3.63) is 118 Å². The summed E-state index contributed by atoms with van der Waals surface area (Å²) in [5.74, 6) is -1.96. The van der Waals surface area contributed by atoms with Crippen LogP contribution >= 0.6 is 0 Å². The molecule has 44 heavy (non-hydrogen) atoms. The summed E-state index contributed by atoms with van der Waals surface area (Å²) in [6.07, 6.45) is 0.599. The first-order chi connectivity index (χ1) is 21.0. The number of carboxylic acids is 1. The van der Waals surface area contributed by atoms with E-state index in [1.165, 1.54) is 12.1 Å². The molecule has 0 saturated carbocycles. The summed E-state index contributed by atoms with van der Waals surface area (Å²) >= 11 is 0. The number of fused-ring (bicyclic) bond motifs is 1. The van der Waals surface area contributed by atoms with Crippen LogP contribution < -0.4 is 27.4 Å². The van der Waals surface area contributed by atoms with Gasteiger partial charge in [0.05, 0.1) is 11.6 Å². The quantitative estimate of drug-likeness (QED) is 0.106. The van der Waals surface area contributed by atoms with Crippen molar-refractivity contribution in [3.63, 3.8) is 0 Å². The number of carboxylic acid groups (broad SMARTS) is 1. The highest BCUT2D eigenvalue weighted by Gasteiger charge is 2.39. The highest BCUT2D eigenvalue weighted by atomic mass is 16.4. The fourth-order valence-corrected chi connectivity index (χ4v) is 5.87. The molecule has 0 saturated heterocycles. The molecule has 1 heterocycles. The Bertz CT molecular complexity index is 1790. The number of amides is 3. The molecule has 0 fully saturated rings. The Balaban J connectivity index is 1.68. The Morgan fingerprint density at radius 3 is 2.36 bits per heavy atom. The van der Waals surface area contributed by atoms with Gasteiger partial charge in [-0.25, -0.2) is 9.59 Å². The molecule has 5 rings (SSSR count). The van der Waals surface area contributed by atoms with Gasteiger partial charge in [0.1, 0.15) is 5.84 Å². The number of amidine groups is 1. The molecule has 1 aliphatic rings. The Labute approximate surface area is 255 Å². The zero-order chi connectivity index (χ0) is 31.6. The Morgan fingerprint density at radius 1 is 0.977 bits per heavy atom. The molecular formula is C34H34N6O4. The lowest BCUT2D eigenvalue weighted by molar-refractivity contribution is 0.0697. The summed E-state index contributed by atoms with van der Waals surface area (Å²) in [5.41, 5.74) is 16.6. The summed E-state index contributed by atoms with van der Waals surface area (Å²) < 4.78 is 0. The molecule has 2 atom stereocenters. The van der Waals surface area contributed by atoms with E-state index in [0.717, 1.165) is 22.4 Å². The van der Waals surface area contributed by atoms with Crippen LogP contribution in [-0.4, -0.2) is 35.4 Å². The standard InChI is InChI=1S/C34H34N6O4/c1-3-38-33(44)39-24-14-21(25-11-9-20(31(37)41)16-26(25)32(42)43)13-22(15-24)29-18-34(2,23-7-5-4-6-8-23)27-17-19(30(35)36)10-12-28(27)40-29/h4-17,29,40H,3,18H2,1-2H3,(H3,35,36)(H2,37,41)(H,42,43)(H2,38,39,44). The maximum absolute atomic E-state index is 12.6. The van der Waals surface area contributed by atoms with Crippen molar-refractivity contribution < 1.29 is 19.5 Å². The van der Waals surface area contributed by atoms with Crippen molar-refractivity contribution in [2.45, 2.75) is 31.7 Å². The van der Waals surface area contributed by atoms with E-state index < -0.39 is 23.3 Å². The topological polar surface area (TPSA) is 183 Å². The highest BCUT2D eigenvalue weighted by molar-refractivity contribution is 6.01. The molecule has 224 valence electrons. The molecular weight excluding hydrogens is 556 g/mol. The van der Waals surface area contributed by atoms with Gasteiger partial charge in [0.25, 0.3) is 0 Å². The molecule has 4 aromatic carbocycles. The summed E-state index contributed by atoms with van der Waals surface area (Å²) in [6, 6.07) is 24.9. The third-order valence-electron chi connectivity index (χ3n) is 8.08. The number of hydrogen-bond acceptors (Lipinski definition) is 5. The van der Waals surface area contributed by atoms with Crippen LogP contribution in [0.3, 0.4) is 0 Å². The van der Waals surface area contributed by atoms with E-state index in [-0.39, 0.29) is 23.0 Å².